The third-order valence-corrected chi connectivity index (χ3v) is 7.11. The molecule has 0 saturated heterocycles. The summed E-state index contributed by atoms with van der Waals surface area (Å²) < 4.78 is 0. The maximum Gasteiger partial charge on any atom is 0.0513 e. The molecule has 3 aromatic rings. The highest BCUT2D eigenvalue weighted by Crippen LogP contribution is 2.53. The van der Waals surface area contributed by atoms with E-state index in [4.69, 9.17) is 0 Å². The van der Waals surface area contributed by atoms with Gasteiger partial charge >= 0.3 is 0 Å². The van der Waals surface area contributed by atoms with Gasteiger partial charge in [-0.25, -0.2) is 0 Å². The quantitative estimate of drug-likeness (QED) is 0.473. The molecule has 22 heavy (non-hydrogen) atoms. The fourth-order valence-electron chi connectivity index (χ4n) is 2.86. The van der Waals surface area contributed by atoms with Crippen LogP contribution in [0.2, 0.25) is 0 Å². The molecule has 110 valence electrons. The van der Waals surface area contributed by atoms with Crippen LogP contribution in [-0.2, 0) is 11.6 Å². The third-order valence-electron chi connectivity index (χ3n) is 4.01. The Morgan fingerprint density at radius 2 is 1.05 bits per heavy atom. The molecule has 0 bridgehead atoms. The third kappa shape index (κ3) is 3.16. The van der Waals surface area contributed by atoms with Crippen molar-refractivity contribution in [3.8, 4) is 0 Å². The highest BCUT2D eigenvalue weighted by Gasteiger charge is 2.33. The van der Waals surface area contributed by atoms with Crippen molar-refractivity contribution in [1.82, 2.24) is 0 Å². The molecule has 0 aliphatic heterocycles. The molecule has 0 saturated carbocycles. The van der Waals surface area contributed by atoms with Crippen LogP contribution in [0.1, 0.15) is 16.7 Å². The molecule has 0 fully saturated rings. The second-order valence-corrected chi connectivity index (χ2v) is 7.63. The molecule has 1 atom stereocenters. The largest absolute Gasteiger partial charge is 0.0629 e. The number of rotatable bonds is 5. The average Bonchev–Trinajstić information content (AvgIpc) is 2.62. The first kappa shape index (κ1) is 15.5. The van der Waals surface area contributed by atoms with Crippen LogP contribution in [-0.4, -0.2) is 0 Å². The molecule has 0 spiro atoms. The summed E-state index contributed by atoms with van der Waals surface area (Å²) in [5.41, 5.74) is 4.09. The zero-order valence-electron chi connectivity index (χ0n) is 12.2. The highest BCUT2D eigenvalue weighted by molar-refractivity contribution is 9.36. The molecular weight excluding hydrogens is 351 g/mol. The Hall–Kier alpha value is -1.43. The van der Waals surface area contributed by atoms with E-state index in [1.165, 1.54) is 16.7 Å². The molecule has 0 radical (unpaired) electrons. The van der Waals surface area contributed by atoms with Crippen molar-refractivity contribution < 1.29 is 0 Å². The second kappa shape index (κ2) is 7.22. The van der Waals surface area contributed by atoms with Gasteiger partial charge in [0, 0.05) is 0 Å². The molecule has 1 unspecified atom stereocenters. The normalized spacial score (nSPS) is 11.9. The van der Waals surface area contributed by atoms with E-state index in [9.17, 15) is 0 Å². The van der Waals surface area contributed by atoms with Gasteiger partial charge in [-0.3, -0.25) is 0 Å². The van der Waals surface area contributed by atoms with Gasteiger partial charge in [0.25, 0.3) is 0 Å². The van der Waals surface area contributed by atoms with Crippen molar-refractivity contribution in [2.24, 2.45) is 0 Å². The van der Waals surface area contributed by atoms with E-state index in [1.807, 2.05) is 0 Å². The standard InChI is InChI=1S/C20H18BrP/c21-22-20(18-12-6-2-7-13-18,19-14-8-3-9-15-19)16-17-10-4-1-5-11-17/h1-15,22H,16H2. The van der Waals surface area contributed by atoms with Crippen LogP contribution in [0.3, 0.4) is 0 Å². The van der Waals surface area contributed by atoms with E-state index in [1.54, 1.807) is 0 Å². The molecule has 0 aromatic heterocycles. The van der Waals surface area contributed by atoms with Gasteiger partial charge in [-0.15, -0.1) is 0 Å². The Kier molecular flexibility index (Phi) is 5.08. The first-order valence-corrected chi connectivity index (χ1v) is 10.6. The SMILES string of the molecule is BrPC(Cc1ccccc1)(c1ccccc1)c1ccccc1. The predicted molar refractivity (Wildman–Crippen MR) is 101 cm³/mol. The summed E-state index contributed by atoms with van der Waals surface area (Å²) in [5, 5.41) is -0.0239. The monoisotopic (exact) mass is 368 g/mol. The van der Waals surface area contributed by atoms with E-state index in [0.29, 0.717) is 7.28 Å². The van der Waals surface area contributed by atoms with E-state index >= 15 is 0 Å². The summed E-state index contributed by atoms with van der Waals surface area (Å²) in [6.45, 7) is 0. The average molecular weight is 369 g/mol. The molecule has 3 aromatic carbocycles. The Morgan fingerprint density at radius 1 is 0.636 bits per heavy atom. The summed E-state index contributed by atoms with van der Waals surface area (Å²) >= 11 is 3.83. The smallest absolute Gasteiger partial charge is 0.0513 e. The minimum Gasteiger partial charge on any atom is -0.0629 e. The van der Waals surface area contributed by atoms with Gasteiger partial charge in [-0.05, 0) is 30.4 Å². The molecular formula is C20H18BrP. The van der Waals surface area contributed by atoms with Gasteiger partial charge in [0.15, 0.2) is 0 Å². The molecule has 0 aliphatic rings. The summed E-state index contributed by atoms with van der Waals surface area (Å²) in [6.07, 6.45) is 0.992. The number of halogens is 1. The van der Waals surface area contributed by atoms with E-state index in [2.05, 4.69) is 106 Å². The van der Waals surface area contributed by atoms with Gasteiger partial charge in [-0.1, -0.05) is 106 Å². The van der Waals surface area contributed by atoms with E-state index < -0.39 is 0 Å². The van der Waals surface area contributed by atoms with Crippen LogP contribution in [0.25, 0.3) is 0 Å². The van der Waals surface area contributed by atoms with Crippen molar-refractivity contribution in [2.75, 3.05) is 0 Å². The lowest BCUT2D eigenvalue weighted by atomic mass is 9.85. The Balaban J connectivity index is 2.13. The zero-order valence-corrected chi connectivity index (χ0v) is 14.8. The van der Waals surface area contributed by atoms with Crippen molar-refractivity contribution in [2.45, 2.75) is 11.6 Å². The second-order valence-electron chi connectivity index (χ2n) is 5.39. The summed E-state index contributed by atoms with van der Waals surface area (Å²) in [5.74, 6) is 0. The van der Waals surface area contributed by atoms with Gasteiger partial charge < -0.3 is 0 Å². The van der Waals surface area contributed by atoms with Crippen LogP contribution in [0.5, 0.6) is 0 Å². The number of hydrogen-bond acceptors (Lipinski definition) is 0. The van der Waals surface area contributed by atoms with Crippen molar-refractivity contribution in [3.05, 3.63) is 108 Å². The van der Waals surface area contributed by atoms with Crippen molar-refractivity contribution in [3.63, 3.8) is 0 Å². The van der Waals surface area contributed by atoms with Gasteiger partial charge in [-0.2, -0.15) is 0 Å². The summed E-state index contributed by atoms with van der Waals surface area (Å²) in [4.78, 5) is 0. The van der Waals surface area contributed by atoms with Crippen LogP contribution >= 0.6 is 22.8 Å². The Morgan fingerprint density at radius 3 is 1.45 bits per heavy atom. The van der Waals surface area contributed by atoms with Crippen LogP contribution in [0, 0.1) is 0 Å². The lowest BCUT2D eigenvalue weighted by Gasteiger charge is -2.33. The van der Waals surface area contributed by atoms with Crippen LogP contribution in [0.4, 0.5) is 0 Å². The number of benzene rings is 3. The summed E-state index contributed by atoms with van der Waals surface area (Å²) in [6, 6.07) is 32.4. The predicted octanol–water partition coefficient (Wildman–Crippen LogP) is 6.16. The lowest BCUT2D eigenvalue weighted by molar-refractivity contribution is 0.733. The maximum atomic E-state index is 3.83. The molecule has 0 N–H and O–H groups in total. The molecule has 2 heteroatoms. The zero-order chi connectivity index (χ0) is 15.3. The highest BCUT2D eigenvalue weighted by atomic mass is 79.9. The van der Waals surface area contributed by atoms with Crippen molar-refractivity contribution in [1.29, 1.82) is 0 Å². The van der Waals surface area contributed by atoms with Gasteiger partial charge in [0.05, 0.1) is 5.16 Å². The molecule has 0 heterocycles. The van der Waals surface area contributed by atoms with E-state index in [0.717, 1.165) is 6.42 Å². The first-order valence-electron chi connectivity index (χ1n) is 7.38. The minimum atomic E-state index is -0.0239. The maximum absolute atomic E-state index is 3.83. The topological polar surface area (TPSA) is 0 Å². The lowest BCUT2D eigenvalue weighted by Crippen LogP contribution is -2.24. The Bertz CT molecular complexity index is 656. The van der Waals surface area contributed by atoms with Crippen LogP contribution < -0.4 is 0 Å². The molecule has 0 amide bonds. The van der Waals surface area contributed by atoms with Gasteiger partial charge in [0.2, 0.25) is 0 Å². The number of hydrogen-bond donors (Lipinski definition) is 0. The van der Waals surface area contributed by atoms with Gasteiger partial charge in [0.1, 0.15) is 0 Å². The fraction of sp³-hybridized carbons (Fsp3) is 0.100. The van der Waals surface area contributed by atoms with E-state index in [-0.39, 0.29) is 5.16 Å². The fourth-order valence-corrected chi connectivity index (χ4v) is 5.48. The molecule has 0 nitrogen and oxygen atoms in total. The van der Waals surface area contributed by atoms with Crippen molar-refractivity contribution >= 4 is 22.8 Å². The van der Waals surface area contributed by atoms with Crippen LogP contribution in [0.15, 0.2) is 91.0 Å². The first-order chi connectivity index (χ1) is 10.8. The minimum absolute atomic E-state index is 0.0239. The Labute approximate surface area is 142 Å². The summed E-state index contributed by atoms with van der Waals surface area (Å²) in [7, 11) is 0.612. The molecule has 3 rings (SSSR count). The molecule has 0 aliphatic carbocycles.